The Balaban J connectivity index is 1.87. The van der Waals surface area contributed by atoms with Gasteiger partial charge in [-0.1, -0.05) is 13.3 Å². The van der Waals surface area contributed by atoms with Crippen molar-refractivity contribution in [3.8, 4) is 6.07 Å². The van der Waals surface area contributed by atoms with E-state index in [1.165, 1.54) is 0 Å². The molecule has 2 aliphatic rings. The van der Waals surface area contributed by atoms with Gasteiger partial charge >= 0.3 is 0 Å². The molecule has 0 aliphatic heterocycles. The number of rotatable bonds is 7. The molecule has 0 aromatic rings. The van der Waals surface area contributed by atoms with Gasteiger partial charge in [-0.2, -0.15) is 5.26 Å². The van der Waals surface area contributed by atoms with Crippen LogP contribution < -0.4 is 5.32 Å². The van der Waals surface area contributed by atoms with Gasteiger partial charge in [-0.15, -0.1) is 0 Å². The van der Waals surface area contributed by atoms with Crippen molar-refractivity contribution in [3.05, 3.63) is 0 Å². The van der Waals surface area contributed by atoms with Gasteiger partial charge in [0.1, 0.15) is 6.04 Å². The molecular formula is C18H31N3O2. The predicted molar refractivity (Wildman–Crippen MR) is 89.6 cm³/mol. The first-order valence-corrected chi connectivity index (χ1v) is 9.04. The number of hydrogen-bond donors (Lipinski definition) is 2. The van der Waals surface area contributed by atoms with Gasteiger partial charge in [0.25, 0.3) is 0 Å². The average Bonchev–Trinajstić information content (AvgIpc) is 2.98. The third kappa shape index (κ3) is 4.24. The van der Waals surface area contributed by atoms with Gasteiger partial charge in [0.2, 0.25) is 5.91 Å². The van der Waals surface area contributed by atoms with Crippen molar-refractivity contribution >= 4 is 5.91 Å². The molecule has 5 heteroatoms. The number of carbonyl (C=O) groups excluding carboxylic acids is 1. The first-order chi connectivity index (χ1) is 10.9. The summed E-state index contributed by atoms with van der Waals surface area (Å²) in [7, 11) is 0. The highest BCUT2D eigenvalue weighted by atomic mass is 16.3. The van der Waals surface area contributed by atoms with Crippen LogP contribution in [0.25, 0.3) is 0 Å². The molecule has 0 bridgehead atoms. The van der Waals surface area contributed by atoms with Crippen LogP contribution in [0.15, 0.2) is 0 Å². The standard InChI is InChI=1S/C18H31N3O2/c1-4-6-15(11-19)21(5-2)17(23)12-20-18(3)9-13-7-16(22)8-14(13)10-18/h13-16,20,22H,4-10,12H2,1-3H3/t13-,14+,15-,16-,18-/m0/s1. The lowest BCUT2D eigenvalue weighted by atomic mass is 9.95. The molecule has 0 heterocycles. The minimum absolute atomic E-state index is 0.0164. The fourth-order valence-electron chi connectivity index (χ4n) is 4.59. The lowest BCUT2D eigenvalue weighted by Gasteiger charge is -2.30. The maximum Gasteiger partial charge on any atom is 0.237 e. The Bertz CT molecular complexity index is 446. The number of carbonyl (C=O) groups is 1. The summed E-state index contributed by atoms with van der Waals surface area (Å²) in [4.78, 5) is 14.2. The molecule has 2 saturated carbocycles. The third-order valence-corrected chi connectivity index (χ3v) is 5.66. The smallest absolute Gasteiger partial charge is 0.237 e. The molecule has 0 radical (unpaired) electrons. The normalized spacial score (nSPS) is 34.0. The molecule has 0 aromatic heterocycles. The molecular weight excluding hydrogens is 290 g/mol. The van der Waals surface area contributed by atoms with Crippen molar-refractivity contribution in [1.29, 1.82) is 5.26 Å². The minimum Gasteiger partial charge on any atom is -0.393 e. The lowest BCUT2D eigenvalue weighted by Crippen LogP contribution is -2.49. The zero-order valence-electron chi connectivity index (χ0n) is 14.7. The van der Waals surface area contributed by atoms with Crippen LogP contribution in [0, 0.1) is 23.2 Å². The summed E-state index contributed by atoms with van der Waals surface area (Å²) in [6.07, 6.45) is 5.38. The molecule has 23 heavy (non-hydrogen) atoms. The number of hydrogen-bond acceptors (Lipinski definition) is 4. The van der Waals surface area contributed by atoms with E-state index >= 15 is 0 Å². The zero-order chi connectivity index (χ0) is 17.0. The maximum absolute atomic E-state index is 12.5. The summed E-state index contributed by atoms with van der Waals surface area (Å²) in [6, 6.07) is 1.94. The molecule has 2 rings (SSSR count). The Morgan fingerprint density at radius 2 is 2.00 bits per heavy atom. The monoisotopic (exact) mass is 321 g/mol. The van der Waals surface area contributed by atoms with Crippen LogP contribution in [0.1, 0.15) is 59.3 Å². The number of aliphatic hydroxyl groups excluding tert-OH is 1. The van der Waals surface area contributed by atoms with Crippen LogP contribution >= 0.6 is 0 Å². The molecule has 1 amide bonds. The number of nitrogens with one attached hydrogen (secondary N) is 1. The molecule has 5 atom stereocenters. The fraction of sp³-hybridized carbons (Fsp3) is 0.889. The van der Waals surface area contributed by atoms with E-state index in [-0.39, 0.29) is 23.6 Å². The fourth-order valence-corrected chi connectivity index (χ4v) is 4.59. The first kappa shape index (κ1) is 18.2. The summed E-state index contributed by atoms with van der Waals surface area (Å²) in [5, 5.41) is 22.5. The lowest BCUT2D eigenvalue weighted by molar-refractivity contribution is -0.131. The second-order valence-electron chi connectivity index (χ2n) is 7.58. The van der Waals surface area contributed by atoms with Crippen molar-refractivity contribution < 1.29 is 9.90 Å². The molecule has 0 saturated heterocycles. The van der Waals surface area contributed by atoms with Crippen molar-refractivity contribution in [2.24, 2.45) is 11.8 Å². The van der Waals surface area contributed by atoms with E-state index < -0.39 is 0 Å². The Morgan fingerprint density at radius 3 is 2.48 bits per heavy atom. The van der Waals surface area contributed by atoms with Crippen molar-refractivity contribution in [2.75, 3.05) is 13.1 Å². The van der Waals surface area contributed by atoms with Gasteiger partial charge in [0.15, 0.2) is 0 Å². The van der Waals surface area contributed by atoms with Crippen LogP contribution in [0.4, 0.5) is 0 Å². The number of fused-ring (bicyclic) bond motifs is 1. The van der Waals surface area contributed by atoms with E-state index in [0.717, 1.165) is 38.5 Å². The predicted octanol–water partition coefficient (Wildman–Crippen LogP) is 2.06. The SMILES string of the molecule is CCC[C@@H](C#N)N(CC)C(=O)CN[C@]1(C)C[C@H]2C[C@@H](O)C[C@H]2C1. The van der Waals surface area contributed by atoms with Gasteiger partial charge in [0, 0.05) is 12.1 Å². The van der Waals surface area contributed by atoms with Crippen LogP contribution in [0.2, 0.25) is 0 Å². The van der Waals surface area contributed by atoms with Gasteiger partial charge in [-0.05, 0) is 57.8 Å². The second kappa shape index (κ2) is 7.63. The topological polar surface area (TPSA) is 76.4 Å². The van der Waals surface area contributed by atoms with Crippen LogP contribution in [0.5, 0.6) is 0 Å². The minimum atomic E-state index is -0.315. The highest BCUT2D eigenvalue weighted by Gasteiger charge is 2.46. The van der Waals surface area contributed by atoms with E-state index in [1.54, 1.807) is 4.90 Å². The van der Waals surface area contributed by atoms with E-state index in [9.17, 15) is 15.2 Å². The Morgan fingerprint density at radius 1 is 1.39 bits per heavy atom. The number of amides is 1. The number of aliphatic hydroxyl groups is 1. The molecule has 2 N–H and O–H groups in total. The first-order valence-electron chi connectivity index (χ1n) is 9.04. The van der Waals surface area contributed by atoms with Crippen LogP contribution in [-0.2, 0) is 4.79 Å². The highest BCUT2D eigenvalue weighted by molar-refractivity contribution is 5.79. The molecule has 2 aliphatic carbocycles. The molecule has 2 fully saturated rings. The molecule has 0 aromatic carbocycles. The van der Waals surface area contributed by atoms with Crippen molar-refractivity contribution in [1.82, 2.24) is 10.2 Å². The van der Waals surface area contributed by atoms with Crippen LogP contribution in [0.3, 0.4) is 0 Å². The van der Waals surface area contributed by atoms with Gasteiger partial charge in [0.05, 0.1) is 18.7 Å². The number of likely N-dealkylation sites (N-methyl/N-ethyl adjacent to an activating group) is 1. The quantitative estimate of drug-likeness (QED) is 0.752. The molecule has 130 valence electrons. The highest BCUT2D eigenvalue weighted by Crippen LogP contribution is 2.48. The Kier molecular flexibility index (Phi) is 6.05. The van der Waals surface area contributed by atoms with E-state index in [1.807, 2.05) is 13.8 Å². The summed E-state index contributed by atoms with van der Waals surface area (Å²) < 4.78 is 0. The van der Waals surface area contributed by atoms with E-state index in [2.05, 4.69) is 18.3 Å². The largest absolute Gasteiger partial charge is 0.393 e. The second-order valence-corrected chi connectivity index (χ2v) is 7.58. The zero-order valence-corrected chi connectivity index (χ0v) is 14.7. The van der Waals surface area contributed by atoms with Crippen LogP contribution in [-0.4, -0.2) is 46.7 Å². The maximum atomic E-state index is 12.5. The molecule has 0 spiro atoms. The average molecular weight is 321 g/mol. The number of nitrogens with zero attached hydrogens (tertiary/aromatic N) is 2. The third-order valence-electron chi connectivity index (χ3n) is 5.66. The van der Waals surface area contributed by atoms with E-state index in [4.69, 9.17) is 0 Å². The van der Waals surface area contributed by atoms with Gasteiger partial charge in [-0.3, -0.25) is 4.79 Å². The molecule has 0 unspecified atom stereocenters. The summed E-state index contributed by atoms with van der Waals surface area (Å²) in [5.41, 5.74) is -0.0164. The van der Waals surface area contributed by atoms with Crippen molar-refractivity contribution in [2.45, 2.75) is 77.0 Å². The van der Waals surface area contributed by atoms with Gasteiger partial charge in [-0.25, -0.2) is 0 Å². The Labute approximate surface area is 140 Å². The number of nitriles is 1. The summed E-state index contributed by atoms with van der Waals surface area (Å²) in [6.45, 7) is 7.03. The Hall–Kier alpha value is -1.12. The van der Waals surface area contributed by atoms with Crippen molar-refractivity contribution in [3.63, 3.8) is 0 Å². The summed E-state index contributed by atoms with van der Waals surface area (Å²) in [5.74, 6) is 1.20. The summed E-state index contributed by atoms with van der Waals surface area (Å²) >= 11 is 0. The molecule has 5 nitrogen and oxygen atoms in total. The van der Waals surface area contributed by atoms with E-state index in [0.29, 0.717) is 24.9 Å². The van der Waals surface area contributed by atoms with Gasteiger partial charge < -0.3 is 15.3 Å².